The molecule has 0 saturated heterocycles. The van der Waals surface area contributed by atoms with Crippen molar-refractivity contribution >= 4 is 28.6 Å². The third-order valence-corrected chi connectivity index (χ3v) is 4.60. The molecule has 102 valence electrons. The summed E-state index contributed by atoms with van der Waals surface area (Å²) in [4.78, 5) is 3.43. The van der Waals surface area contributed by atoms with Crippen molar-refractivity contribution in [2.45, 2.75) is 19.9 Å². The van der Waals surface area contributed by atoms with Crippen LogP contribution >= 0.6 is 22.9 Å². The minimum Gasteiger partial charge on any atom is -0.365 e. The first-order valence-corrected chi connectivity index (χ1v) is 7.52. The van der Waals surface area contributed by atoms with Gasteiger partial charge in [-0.05, 0) is 43.2 Å². The number of nitrogens with zero attached hydrogens (tertiary/aromatic N) is 1. The lowest BCUT2D eigenvalue weighted by atomic mass is 10.1. The summed E-state index contributed by atoms with van der Waals surface area (Å²) in [6, 6.07) is 8.72. The molecule has 0 aliphatic carbocycles. The lowest BCUT2D eigenvalue weighted by molar-refractivity contribution is 0.692. The molecule has 0 amide bonds. The predicted octanol–water partition coefficient (Wildman–Crippen LogP) is 4.15. The van der Waals surface area contributed by atoms with Crippen LogP contribution in [-0.4, -0.2) is 13.6 Å². The van der Waals surface area contributed by atoms with Crippen molar-refractivity contribution in [1.29, 1.82) is 0 Å². The second kappa shape index (κ2) is 5.95. The Kier molecular flexibility index (Phi) is 4.50. The minimum absolute atomic E-state index is 0.165. The molecule has 0 aliphatic heterocycles. The van der Waals surface area contributed by atoms with Gasteiger partial charge in [-0.25, -0.2) is 0 Å². The van der Waals surface area contributed by atoms with Crippen molar-refractivity contribution in [3.8, 4) is 0 Å². The Morgan fingerprint density at radius 1 is 1.21 bits per heavy atom. The fourth-order valence-electron chi connectivity index (χ4n) is 2.30. The van der Waals surface area contributed by atoms with E-state index in [4.69, 9.17) is 17.3 Å². The number of aryl methyl sites for hydroxylation is 2. The summed E-state index contributed by atoms with van der Waals surface area (Å²) >= 11 is 7.67. The fraction of sp³-hybridized carbons (Fsp3) is 0.333. The molecule has 2 aromatic rings. The Labute approximate surface area is 123 Å². The van der Waals surface area contributed by atoms with Crippen LogP contribution in [0.2, 0.25) is 5.02 Å². The zero-order chi connectivity index (χ0) is 14.0. The Morgan fingerprint density at radius 2 is 1.84 bits per heavy atom. The van der Waals surface area contributed by atoms with E-state index in [2.05, 4.69) is 44.0 Å². The van der Waals surface area contributed by atoms with Crippen molar-refractivity contribution in [1.82, 2.24) is 0 Å². The molecule has 1 heterocycles. The summed E-state index contributed by atoms with van der Waals surface area (Å²) in [6.45, 7) is 4.80. The number of nitrogens with two attached hydrogens (primary N) is 1. The van der Waals surface area contributed by atoms with Crippen LogP contribution in [0, 0.1) is 13.8 Å². The van der Waals surface area contributed by atoms with Gasteiger partial charge in [0.05, 0.1) is 11.1 Å². The van der Waals surface area contributed by atoms with Crippen molar-refractivity contribution in [2.24, 2.45) is 5.73 Å². The van der Waals surface area contributed by atoms with E-state index in [1.807, 2.05) is 11.4 Å². The topological polar surface area (TPSA) is 29.3 Å². The number of benzene rings is 1. The average Bonchev–Trinajstić information content (AvgIpc) is 2.75. The SMILES string of the molecule is Cc1cc(C)cc(N(C)C(CN)c2cc(Cl)cs2)c1. The molecule has 2 N–H and O–H groups in total. The highest BCUT2D eigenvalue weighted by atomic mass is 35.5. The number of thiophene rings is 1. The monoisotopic (exact) mass is 294 g/mol. The predicted molar refractivity (Wildman–Crippen MR) is 85.4 cm³/mol. The molecular weight excluding hydrogens is 276 g/mol. The van der Waals surface area contributed by atoms with Crippen LogP contribution < -0.4 is 10.6 Å². The molecule has 1 unspecified atom stereocenters. The summed E-state index contributed by atoms with van der Waals surface area (Å²) in [5.74, 6) is 0. The number of halogens is 1. The maximum Gasteiger partial charge on any atom is 0.0754 e. The maximum absolute atomic E-state index is 6.01. The molecule has 0 bridgehead atoms. The highest BCUT2D eigenvalue weighted by Gasteiger charge is 2.18. The van der Waals surface area contributed by atoms with E-state index in [0.717, 1.165) is 5.02 Å². The summed E-state index contributed by atoms with van der Waals surface area (Å²) in [6.07, 6.45) is 0. The molecule has 0 aliphatic rings. The van der Waals surface area contributed by atoms with Crippen molar-refractivity contribution in [3.05, 3.63) is 50.7 Å². The molecular formula is C15H19ClN2S. The largest absolute Gasteiger partial charge is 0.365 e. The van der Waals surface area contributed by atoms with E-state index < -0.39 is 0 Å². The van der Waals surface area contributed by atoms with Crippen LogP contribution in [0.15, 0.2) is 29.6 Å². The van der Waals surface area contributed by atoms with Crippen molar-refractivity contribution in [2.75, 3.05) is 18.5 Å². The van der Waals surface area contributed by atoms with Crippen molar-refractivity contribution in [3.63, 3.8) is 0 Å². The highest BCUT2D eigenvalue weighted by molar-refractivity contribution is 7.10. The highest BCUT2D eigenvalue weighted by Crippen LogP contribution is 2.31. The summed E-state index contributed by atoms with van der Waals surface area (Å²) in [7, 11) is 2.08. The van der Waals surface area contributed by atoms with E-state index in [1.54, 1.807) is 11.3 Å². The van der Waals surface area contributed by atoms with Crippen LogP contribution in [-0.2, 0) is 0 Å². The summed E-state index contributed by atoms with van der Waals surface area (Å²) in [5.41, 5.74) is 9.67. The third kappa shape index (κ3) is 3.30. The molecule has 1 aromatic carbocycles. The van der Waals surface area contributed by atoms with Gasteiger partial charge in [0.1, 0.15) is 0 Å². The van der Waals surface area contributed by atoms with Gasteiger partial charge in [0.15, 0.2) is 0 Å². The van der Waals surface area contributed by atoms with Crippen LogP contribution in [0.1, 0.15) is 22.0 Å². The molecule has 0 radical (unpaired) electrons. The molecule has 0 fully saturated rings. The van der Waals surface area contributed by atoms with Gasteiger partial charge in [0.25, 0.3) is 0 Å². The van der Waals surface area contributed by atoms with E-state index >= 15 is 0 Å². The van der Waals surface area contributed by atoms with E-state index in [1.165, 1.54) is 21.7 Å². The van der Waals surface area contributed by atoms with Crippen LogP contribution in [0.25, 0.3) is 0 Å². The van der Waals surface area contributed by atoms with Crippen LogP contribution in [0.5, 0.6) is 0 Å². The van der Waals surface area contributed by atoms with Gasteiger partial charge in [0, 0.05) is 29.5 Å². The number of rotatable bonds is 4. The van der Waals surface area contributed by atoms with Crippen LogP contribution in [0.4, 0.5) is 5.69 Å². The quantitative estimate of drug-likeness (QED) is 0.917. The number of anilines is 1. The zero-order valence-electron chi connectivity index (χ0n) is 11.5. The first-order valence-electron chi connectivity index (χ1n) is 6.26. The van der Waals surface area contributed by atoms with Gasteiger partial charge in [-0.2, -0.15) is 0 Å². The molecule has 2 nitrogen and oxygen atoms in total. The van der Waals surface area contributed by atoms with Gasteiger partial charge in [-0.1, -0.05) is 17.7 Å². The summed E-state index contributed by atoms with van der Waals surface area (Å²) < 4.78 is 0. The van der Waals surface area contributed by atoms with Crippen molar-refractivity contribution < 1.29 is 0 Å². The van der Waals surface area contributed by atoms with Gasteiger partial charge >= 0.3 is 0 Å². The lowest BCUT2D eigenvalue weighted by Crippen LogP contribution is -2.29. The smallest absolute Gasteiger partial charge is 0.0754 e. The molecule has 1 aromatic heterocycles. The summed E-state index contributed by atoms with van der Waals surface area (Å²) in [5, 5.41) is 2.74. The second-order valence-electron chi connectivity index (χ2n) is 4.88. The molecule has 19 heavy (non-hydrogen) atoms. The Morgan fingerprint density at radius 3 is 2.32 bits per heavy atom. The van der Waals surface area contributed by atoms with Gasteiger partial charge in [-0.15, -0.1) is 11.3 Å². The fourth-order valence-corrected chi connectivity index (χ4v) is 3.54. The minimum atomic E-state index is 0.165. The number of hydrogen-bond acceptors (Lipinski definition) is 3. The Balaban J connectivity index is 2.32. The van der Waals surface area contributed by atoms with Gasteiger partial charge < -0.3 is 10.6 Å². The average molecular weight is 295 g/mol. The van der Waals surface area contributed by atoms with E-state index in [-0.39, 0.29) is 6.04 Å². The van der Waals surface area contributed by atoms with E-state index in [9.17, 15) is 0 Å². The Hall–Kier alpha value is -1.03. The van der Waals surface area contributed by atoms with Gasteiger partial charge in [0.2, 0.25) is 0 Å². The second-order valence-corrected chi connectivity index (χ2v) is 6.25. The molecule has 1 atom stereocenters. The zero-order valence-corrected chi connectivity index (χ0v) is 13.1. The number of hydrogen-bond donors (Lipinski definition) is 1. The first kappa shape index (κ1) is 14.4. The molecule has 4 heteroatoms. The third-order valence-electron chi connectivity index (χ3n) is 3.22. The first-order chi connectivity index (χ1) is 9.01. The molecule has 0 saturated carbocycles. The van der Waals surface area contributed by atoms with E-state index in [0.29, 0.717) is 6.54 Å². The normalized spacial score (nSPS) is 12.5. The molecule has 0 spiro atoms. The Bertz CT molecular complexity index is 545. The molecule has 2 rings (SSSR count). The standard InChI is InChI=1S/C15H19ClN2S/c1-10-4-11(2)6-13(5-10)18(3)14(8-17)15-7-12(16)9-19-15/h4-7,9,14H,8,17H2,1-3H3. The van der Waals surface area contributed by atoms with Crippen LogP contribution in [0.3, 0.4) is 0 Å². The maximum atomic E-state index is 6.01. The van der Waals surface area contributed by atoms with Gasteiger partial charge in [-0.3, -0.25) is 0 Å². The number of likely N-dealkylation sites (N-methyl/N-ethyl adjacent to an activating group) is 1. The lowest BCUT2D eigenvalue weighted by Gasteiger charge is -2.29.